The summed E-state index contributed by atoms with van der Waals surface area (Å²) in [6, 6.07) is 0. The molecule has 62 heavy (non-hydrogen) atoms. The van der Waals surface area contributed by atoms with Crippen molar-refractivity contribution in [1.82, 2.24) is 0 Å². The number of aliphatic hydroxyl groups excluding tert-OH is 1. The van der Waals surface area contributed by atoms with Gasteiger partial charge in [0, 0.05) is 12.8 Å². The summed E-state index contributed by atoms with van der Waals surface area (Å²) in [5, 5.41) is 9.61. The minimum Gasteiger partial charge on any atom is -0.462 e. The Labute approximate surface area is 380 Å². The predicted octanol–water partition coefficient (Wildman–Crippen LogP) is 16.3. The second-order valence-electron chi connectivity index (χ2n) is 15.4. The van der Waals surface area contributed by atoms with Crippen LogP contribution in [0, 0.1) is 0 Å². The highest BCUT2D eigenvalue weighted by molar-refractivity contribution is 5.70. The van der Waals surface area contributed by atoms with Crippen LogP contribution < -0.4 is 0 Å². The fourth-order valence-electron chi connectivity index (χ4n) is 6.03. The standard InChI is InChI=1S/C57H88O5/c1-3-5-7-9-11-13-15-17-19-21-22-23-24-25-26-27-28-29-30-31-32-33-34-36-38-40-42-44-46-48-50-52-57(60)62-55(53-58)54-61-56(59)51-49-47-45-43-41-39-37-35-20-18-16-14-12-10-8-6-4-2/h5-8,11-14,17-20,22-23,25-26,28-29,31-32,34,36-37,39,55,58H,3-4,9-10,15-16,21,24,27,30,33,35,38,40-54H2,1-2H3/b7-5-,8-6-,13-11-,14-12-,19-17-,20-18-,23-22-,26-25-,29-28-,32-31-,36-34-,39-37-. The Bertz CT molecular complexity index is 1380. The quantitative estimate of drug-likeness (QED) is 0.0376. The zero-order valence-corrected chi connectivity index (χ0v) is 39.3. The number of hydrogen-bond acceptors (Lipinski definition) is 5. The van der Waals surface area contributed by atoms with Crippen LogP contribution in [0.4, 0.5) is 0 Å². The van der Waals surface area contributed by atoms with E-state index in [-0.39, 0.29) is 25.2 Å². The summed E-state index contributed by atoms with van der Waals surface area (Å²) in [6.07, 6.45) is 77.8. The highest BCUT2D eigenvalue weighted by Gasteiger charge is 2.16. The second kappa shape index (κ2) is 51.1. The minimum absolute atomic E-state index is 0.0953. The van der Waals surface area contributed by atoms with Gasteiger partial charge in [-0.05, 0) is 116 Å². The highest BCUT2D eigenvalue weighted by atomic mass is 16.6. The van der Waals surface area contributed by atoms with Crippen LogP contribution in [0.2, 0.25) is 0 Å². The first-order chi connectivity index (χ1) is 30.6. The van der Waals surface area contributed by atoms with Gasteiger partial charge in [0.1, 0.15) is 6.61 Å². The van der Waals surface area contributed by atoms with E-state index in [2.05, 4.69) is 160 Å². The first-order valence-electron chi connectivity index (χ1n) is 24.4. The fourth-order valence-corrected chi connectivity index (χ4v) is 6.03. The summed E-state index contributed by atoms with van der Waals surface area (Å²) < 4.78 is 10.6. The Morgan fingerprint density at radius 2 is 0.645 bits per heavy atom. The third kappa shape index (κ3) is 48.4. The van der Waals surface area contributed by atoms with Crippen molar-refractivity contribution in [3.05, 3.63) is 146 Å². The van der Waals surface area contributed by atoms with Crippen molar-refractivity contribution < 1.29 is 24.2 Å². The highest BCUT2D eigenvalue weighted by Crippen LogP contribution is 2.11. The topological polar surface area (TPSA) is 72.8 Å². The lowest BCUT2D eigenvalue weighted by Crippen LogP contribution is -2.28. The molecule has 1 unspecified atom stereocenters. The Morgan fingerprint density at radius 1 is 0.371 bits per heavy atom. The number of hydrogen-bond donors (Lipinski definition) is 1. The Morgan fingerprint density at radius 3 is 0.968 bits per heavy atom. The SMILES string of the molecule is CC/C=C\C/C=C\C/C=C\C/C=C\C/C=C\C/C=C\C/C=C\C/C=C\CCCCCCCCC(=O)OC(CO)COC(=O)CCCCCC/C=C\C/C=C\C/C=C\C/C=C\CC. The van der Waals surface area contributed by atoms with E-state index in [9.17, 15) is 14.7 Å². The number of ether oxygens (including phenoxy) is 2. The molecule has 0 fully saturated rings. The molecule has 0 rings (SSSR count). The minimum atomic E-state index is -0.802. The zero-order valence-electron chi connectivity index (χ0n) is 39.3. The van der Waals surface area contributed by atoms with Crippen molar-refractivity contribution in [1.29, 1.82) is 0 Å². The Hall–Kier alpha value is -4.22. The molecule has 0 amide bonds. The van der Waals surface area contributed by atoms with E-state index < -0.39 is 6.10 Å². The summed E-state index contributed by atoms with van der Waals surface area (Å²) in [5.74, 6) is -0.650. The van der Waals surface area contributed by atoms with Crippen LogP contribution in [0.1, 0.15) is 181 Å². The van der Waals surface area contributed by atoms with E-state index >= 15 is 0 Å². The van der Waals surface area contributed by atoms with Crippen molar-refractivity contribution >= 4 is 11.9 Å². The summed E-state index contributed by atoms with van der Waals surface area (Å²) in [6.45, 7) is 3.86. The van der Waals surface area contributed by atoms with Gasteiger partial charge >= 0.3 is 11.9 Å². The molecular weight excluding hydrogens is 765 g/mol. The van der Waals surface area contributed by atoms with Gasteiger partial charge in [-0.25, -0.2) is 0 Å². The average molecular weight is 853 g/mol. The molecule has 0 aliphatic rings. The largest absolute Gasteiger partial charge is 0.462 e. The Balaban J connectivity index is 3.68. The molecular formula is C57H88O5. The zero-order chi connectivity index (χ0) is 44.9. The third-order valence-corrected chi connectivity index (χ3v) is 9.63. The Kier molecular flexibility index (Phi) is 47.7. The summed E-state index contributed by atoms with van der Waals surface area (Å²) in [7, 11) is 0. The molecule has 0 heterocycles. The van der Waals surface area contributed by atoms with E-state index in [1.807, 2.05) is 0 Å². The molecule has 5 nitrogen and oxygen atoms in total. The van der Waals surface area contributed by atoms with Gasteiger partial charge in [0.2, 0.25) is 0 Å². The number of carbonyl (C=O) groups is 2. The van der Waals surface area contributed by atoms with Crippen LogP contribution in [-0.4, -0.2) is 36.4 Å². The van der Waals surface area contributed by atoms with Crippen LogP contribution in [0.25, 0.3) is 0 Å². The van der Waals surface area contributed by atoms with Gasteiger partial charge in [-0.3, -0.25) is 9.59 Å². The maximum Gasteiger partial charge on any atom is 0.306 e. The molecule has 0 aliphatic carbocycles. The number of aliphatic hydroxyl groups is 1. The average Bonchev–Trinajstić information content (AvgIpc) is 3.28. The molecule has 0 aliphatic heterocycles. The monoisotopic (exact) mass is 853 g/mol. The fraction of sp³-hybridized carbons (Fsp3) is 0.544. The molecule has 1 atom stereocenters. The maximum absolute atomic E-state index is 12.3. The van der Waals surface area contributed by atoms with E-state index in [1.165, 1.54) is 12.8 Å². The van der Waals surface area contributed by atoms with E-state index in [4.69, 9.17) is 9.47 Å². The molecule has 346 valence electrons. The summed E-state index contributed by atoms with van der Waals surface area (Å²) >= 11 is 0. The molecule has 0 radical (unpaired) electrons. The van der Waals surface area contributed by atoms with Crippen LogP contribution in [0.3, 0.4) is 0 Å². The van der Waals surface area contributed by atoms with Gasteiger partial charge in [0.05, 0.1) is 6.61 Å². The molecule has 1 N–H and O–H groups in total. The van der Waals surface area contributed by atoms with Gasteiger partial charge in [0.15, 0.2) is 6.10 Å². The number of allylic oxidation sites excluding steroid dienone is 24. The normalized spacial score (nSPS) is 13.5. The summed E-state index contributed by atoms with van der Waals surface area (Å²) in [4.78, 5) is 24.4. The molecule has 0 bridgehead atoms. The smallest absolute Gasteiger partial charge is 0.306 e. The molecule has 0 aromatic rings. The van der Waals surface area contributed by atoms with Gasteiger partial charge < -0.3 is 14.6 Å². The number of carbonyl (C=O) groups excluding carboxylic acids is 2. The number of esters is 2. The van der Waals surface area contributed by atoms with E-state index in [0.717, 1.165) is 141 Å². The molecule has 0 saturated heterocycles. The number of unbranched alkanes of at least 4 members (excludes halogenated alkanes) is 10. The van der Waals surface area contributed by atoms with E-state index in [0.29, 0.717) is 12.8 Å². The first kappa shape index (κ1) is 57.8. The van der Waals surface area contributed by atoms with Crippen molar-refractivity contribution in [3.8, 4) is 0 Å². The molecule has 0 aromatic carbocycles. The van der Waals surface area contributed by atoms with Crippen molar-refractivity contribution in [2.45, 2.75) is 187 Å². The summed E-state index contributed by atoms with van der Waals surface area (Å²) in [5.41, 5.74) is 0. The van der Waals surface area contributed by atoms with Crippen LogP contribution >= 0.6 is 0 Å². The van der Waals surface area contributed by atoms with E-state index in [1.54, 1.807) is 0 Å². The molecule has 0 aromatic heterocycles. The van der Waals surface area contributed by atoms with Gasteiger partial charge in [-0.2, -0.15) is 0 Å². The van der Waals surface area contributed by atoms with Crippen molar-refractivity contribution in [2.24, 2.45) is 0 Å². The van der Waals surface area contributed by atoms with Crippen LogP contribution in [0.5, 0.6) is 0 Å². The lowest BCUT2D eigenvalue weighted by Gasteiger charge is -2.15. The number of rotatable bonds is 42. The predicted molar refractivity (Wildman–Crippen MR) is 269 cm³/mol. The van der Waals surface area contributed by atoms with Crippen molar-refractivity contribution in [2.75, 3.05) is 13.2 Å². The van der Waals surface area contributed by atoms with Crippen LogP contribution in [-0.2, 0) is 19.1 Å². The third-order valence-electron chi connectivity index (χ3n) is 9.63. The molecule has 5 heteroatoms. The van der Waals surface area contributed by atoms with Gasteiger partial charge in [0.25, 0.3) is 0 Å². The lowest BCUT2D eigenvalue weighted by atomic mass is 10.1. The van der Waals surface area contributed by atoms with Gasteiger partial charge in [-0.1, -0.05) is 198 Å². The van der Waals surface area contributed by atoms with Gasteiger partial charge in [-0.15, -0.1) is 0 Å². The first-order valence-corrected chi connectivity index (χ1v) is 24.4. The van der Waals surface area contributed by atoms with Crippen LogP contribution in [0.15, 0.2) is 146 Å². The molecule has 0 spiro atoms. The van der Waals surface area contributed by atoms with Crippen molar-refractivity contribution in [3.63, 3.8) is 0 Å². The maximum atomic E-state index is 12.3. The lowest BCUT2D eigenvalue weighted by molar-refractivity contribution is -0.161. The molecule has 0 saturated carbocycles. The second-order valence-corrected chi connectivity index (χ2v) is 15.4.